The molecule has 0 spiro atoms. The van der Waals surface area contributed by atoms with Gasteiger partial charge in [-0.25, -0.2) is 18.0 Å². The predicted octanol–water partition coefficient (Wildman–Crippen LogP) is 1.41. The summed E-state index contributed by atoms with van der Waals surface area (Å²) in [7, 11) is -3.04. The molecular weight excluding hydrogens is 364 g/mol. The number of urea groups is 1. The molecule has 1 aliphatic heterocycles. The number of carbonyl (C=O) groups excluding carboxylic acids is 1. The van der Waals surface area contributed by atoms with Crippen molar-refractivity contribution in [1.29, 1.82) is 0 Å². The molecule has 2 rings (SSSR count). The van der Waals surface area contributed by atoms with Crippen LogP contribution in [0.2, 0.25) is 0 Å². The second-order valence-electron chi connectivity index (χ2n) is 4.57. The van der Waals surface area contributed by atoms with Crippen molar-refractivity contribution in [3.8, 4) is 0 Å². The Balaban J connectivity index is 2.05. The van der Waals surface area contributed by atoms with Crippen LogP contribution in [-0.4, -0.2) is 55.0 Å². The van der Waals surface area contributed by atoms with E-state index < -0.39 is 21.8 Å². The van der Waals surface area contributed by atoms with Gasteiger partial charge in [0, 0.05) is 17.6 Å². The summed E-state index contributed by atoms with van der Waals surface area (Å²) in [6.07, 6.45) is 0. The number of aromatic carboxylic acids is 1. The number of nitrogens with one attached hydrogen (secondary N) is 1. The van der Waals surface area contributed by atoms with E-state index in [-0.39, 0.29) is 30.2 Å². The first kappa shape index (κ1) is 15.8. The maximum Gasteiger partial charge on any atom is 0.335 e. The number of carboxylic acids is 1. The normalized spacial score (nSPS) is 17.3. The van der Waals surface area contributed by atoms with E-state index >= 15 is 0 Å². The van der Waals surface area contributed by atoms with E-state index in [1.54, 1.807) is 0 Å². The molecule has 9 heteroatoms. The van der Waals surface area contributed by atoms with Crippen LogP contribution in [0.25, 0.3) is 0 Å². The first-order chi connectivity index (χ1) is 9.78. The van der Waals surface area contributed by atoms with Crippen molar-refractivity contribution in [2.45, 2.75) is 0 Å². The molecule has 21 heavy (non-hydrogen) atoms. The van der Waals surface area contributed by atoms with E-state index in [9.17, 15) is 18.0 Å². The molecule has 7 nitrogen and oxygen atoms in total. The molecule has 2 N–H and O–H groups in total. The zero-order valence-corrected chi connectivity index (χ0v) is 13.3. The highest BCUT2D eigenvalue weighted by atomic mass is 79.9. The number of halogens is 1. The van der Waals surface area contributed by atoms with Crippen LogP contribution in [0.5, 0.6) is 0 Å². The molecule has 0 aliphatic carbocycles. The van der Waals surface area contributed by atoms with Crippen LogP contribution >= 0.6 is 15.9 Å². The first-order valence-corrected chi connectivity index (χ1v) is 8.69. The lowest BCUT2D eigenvalue weighted by molar-refractivity contribution is 0.0697. The zero-order valence-electron chi connectivity index (χ0n) is 10.9. The van der Waals surface area contributed by atoms with Crippen LogP contribution in [0.4, 0.5) is 10.5 Å². The number of benzene rings is 1. The fourth-order valence-electron chi connectivity index (χ4n) is 1.86. The van der Waals surface area contributed by atoms with Crippen LogP contribution in [0.3, 0.4) is 0 Å². The quantitative estimate of drug-likeness (QED) is 0.811. The molecule has 0 aromatic heterocycles. The molecule has 1 fully saturated rings. The third kappa shape index (κ3) is 3.94. The van der Waals surface area contributed by atoms with Gasteiger partial charge in [-0.05, 0) is 34.1 Å². The number of hydrogen-bond donors (Lipinski definition) is 2. The molecule has 1 aromatic carbocycles. The monoisotopic (exact) mass is 376 g/mol. The molecule has 0 radical (unpaired) electrons. The molecule has 1 heterocycles. The third-order valence-corrected chi connectivity index (χ3v) is 5.35. The maximum atomic E-state index is 12.0. The van der Waals surface area contributed by atoms with Crippen molar-refractivity contribution in [3.05, 3.63) is 28.2 Å². The number of nitrogens with zero attached hydrogens (tertiary/aromatic N) is 1. The number of hydrogen-bond acceptors (Lipinski definition) is 4. The second kappa shape index (κ2) is 6.02. The minimum absolute atomic E-state index is 0.0421. The van der Waals surface area contributed by atoms with Crippen LogP contribution in [0.1, 0.15) is 10.4 Å². The molecular formula is C12H13BrN2O5S. The Morgan fingerprint density at radius 1 is 1.24 bits per heavy atom. The van der Waals surface area contributed by atoms with Gasteiger partial charge in [0.15, 0.2) is 9.84 Å². The van der Waals surface area contributed by atoms with Gasteiger partial charge in [-0.15, -0.1) is 0 Å². The molecule has 1 aliphatic rings. The zero-order chi connectivity index (χ0) is 15.6. The molecule has 1 aromatic rings. The highest BCUT2D eigenvalue weighted by molar-refractivity contribution is 9.10. The molecule has 0 unspecified atom stereocenters. The van der Waals surface area contributed by atoms with E-state index in [0.29, 0.717) is 10.2 Å². The summed E-state index contributed by atoms with van der Waals surface area (Å²) in [5.74, 6) is -1.14. The van der Waals surface area contributed by atoms with Crippen molar-refractivity contribution in [2.24, 2.45) is 0 Å². The number of anilines is 1. The van der Waals surface area contributed by atoms with E-state index in [4.69, 9.17) is 5.11 Å². The molecule has 0 atom stereocenters. The van der Waals surface area contributed by atoms with E-state index in [0.717, 1.165) is 0 Å². The van der Waals surface area contributed by atoms with Gasteiger partial charge in [0.2, 0.25) is 0 Å². The van der Waals surface area contributed by atoms with Gasteiger partial charge in [-0.3, -0.25) is 0 Å². The van der Waals surface area contributed by atoms with Gasteiger partial charge >= 0.3 is 12.0 Å². The lowest BCUT2D eigenvalue weighted by Crippen LogP contribution is -2.45. The predicted molar refractivity (Wildman–Crippen MR) is 80.3 cm³/mol. The van der Waals surface area contributed by atoms with E-state index in [1.165, 1.54) is 23.1 Å². The van der Waals surface area contributed by atoms with Crippen LogP contribution < -0.4 is 5.32 Å². The van der Waals surface area contributed by atoms with Crippen molar-refractivity contribution in [1.82, 2.24) is 4.90 Å². The van der Waals surface area contributed by atoms with Gasteiger partial charge in [0.1, 0.15) is 0 Å². The summed E-state index contributed by atoms with van der Waals surface area (Å²) in [5.41, 5.74) is 0.530. The number of rotatable bonds is 2. The van der Waals surface area contributed by atoms with Crippen molar-refractivity contribution < 1.29 is 23.1 Å². The first-order valence-electron chi connectivity index (χ1n) is 6.08. The summed E-state index contributed by atoms with van der Waals surface area (Å²) >= 11 is 3.19. The van der Waals surface area contributed by atoms with Crippen LogP contribution in [-0.2, 0) is 9.84 Å². The molecule has 0 bridgehead atoms. The summed E-state index contributed by atoms with van der Waals surface area (Å²) in [4.78, 5) is 24.3. The Kier molecular flexibility index (Phi) is 4.52. The Hall–Kier alpha value is -1.61. The highest BCUT2D eigenvalue weighted by Crippen LogP contribution is 2.24. The highest BCUT2D eigenvalue weighted by Gasteiger charge is 2.25. The fourth-order valence-corrected chi connectivity index (χ4v) is 3.54. The van der Waals surface area contributed by atoms with Gasteiger partial charge in [0.05, 0.1) is 22.8 Å². The topological polar surface area (TPSA) is 104 Å². The average molecular weight is 377 g/mol. The molecule has 1 saturated heterocycles. The van der Waals surface area contributed by atoms with Gasteiger partial charge in [-0.2, -0.15) is 0 Å². The van der Waals surface area contributed by atoms with E-state index in [2.05, 4.69) is 21.2 Å². The molecule has 0 saturated carbocycles. The third-order valence-electron chi connectivity index (χ3n) is 3.09. The number of amides is 2. The minimum Gasteiger partial charge on any atom is -0.478 e. The second-order valence-corrected chi connectivity index (χ2v) is 7.73. The molecule has 2 amide bonds. The summed E-state index contributed by atoms with van der Waals surface area (Å²) in [5, 5.41) is 11.5. The van der Waals surface area contributed by atoms with Gasteiger partial charge in [-0.1, -0.05) is 0 Å². The van der Waals surface area contributed by atoms with E-state index in [1.807, 2.05) is 0 Å². The van der Waals surface area contributed by atoms with Crippen molar-refractivity contribution >= 4 is 43.5 Å². The standard InChI is InChI=1S/C12H13BrN2O5S/c13-9-7-8(11(16)17)1-2-10(9)14-12(18)15-3-5-21(19,20)6-4-15/h1-2,7H,3-6H2,(H,14,18)(H,16,17). The van der Waals surface area contributed by atoms with Crippen molar-refractivity contribution in [3.63, 3.8) is 0 Å². The summed E-state index contributed by atoms with van der Waals surface area (Å²) in [6, 6.07) is 3.84. The summed E-state index contributed by atoms with van der Waals surface area (Å²) < 4.78 is 23.1. The number of carboxylic acid groups (broad SMARTS) is 1. The Labute approximate surface area is 130 Å². The lowest BCUT2D eigenvalue weighted by atomic mass is 10.2. The Morgan fingerprint density at radius 2 is 1.86 bits per heavy atom. The lowest BCUT2D eigenvalue weighted by Gasteiger charge is -2.27. The fraction of sp³-hybridized carbons (Fsp3) is 0.333. The Morgan fingerprint density at radius 3 is 2.38 bits per heavy atom. The van der Waals surface area contributed by atoms with Gasteiger partial charge in [0.25, 0.3) is 0 Å². The van der Waals surface area contributed by atoms with Crippen LogP contribution in [0, 0.1) is 0 Å². The minimum atomic E-state index is -3.04. The molecule has 114 valence electrons. The average Bonchev–Trinajstić information content (AvgIpc) is 2.40. The maximum absolute atomic E-state index is 12.0. The largest absolute Gasteiger partial charge is 0.478 e. The number of carbonyl (C=O) groups is 2. The SMILES string of the molecule is O=C(O)c1ccc(NC(=O)N2CCS(=O)(=O)CC2)c(Br)c1. The number of sulfone groups is 1. The smallest absolute Gasteiger partial charge is 0.335 e. The van der Waals surface area contributed by atoms with Crippen LogP contribution in [0.15, 0.2) is 22.7 Å². The summed E-state index contributed by atoms with van der Waals surface area (Å²) in [6.45, 7) is 0.304. The van der Waals surface area contributed by atoms with Gasteiger partial charge < -0.3 is 15.3 Å². The van der Waals surface area contributed by atoms with Crippen molar-refractivity contribution in [2.75, 3.05) is 29.9 Å². The Bertz CT molecular complexity index is 675.